The molecular weight excluding hydrogens is 1260 g/mol. The fourth-order valence-electron chi connectivity index (χ4n) is 11.1. The number of aromatic hydroxyl groups is 1. The van der Waals surface area contributed by atoms with Crippen LogP contribution in [0.3, 0.4) is 0 Å². The summed E-state index contributed by atoms with van der Waals surface area (Å²) in [5.41, 5.74) is 0. The number of hydrogen-bond donors (Lipinski definition) is 21. The Morgan fingerprint density at radius 3 is 0.619 bits per heavy atom. The predicted octanol–water partition coefficient (Wildman–Crippen LogP) is -14.1. The molecule has 14 bridgehead atoms. The van der Waals surface area contributed by atoms with Crippen molar-refractivity contribution in [2.45, 2.75) is 219 Å². The van der Waals surface area contributed by atoms with Gasteiger partial charge in [0, 0.05) is 0 Å². The Kier molecular flexibility index (Phi) is 22.9. The number of phenolic OH excluding ortho intramolecular Hbond substituents is 1. The maximum atomic E-state index is 11.8. The molecule has 22 rings (SSSR count). The van der Waals surface area contributed by atoms with Gasteiger partial charge in [0.15, 0.2) is 18.9 Å². The van der Waals surface area contributed by atoms with Crippen molar-refractivity contribution in [1.82, 2.24) is 0 Å². The average molecular weight is 1340 g/mol. The summed E-state index contributed by atoms with van der Waals surface area (Å²) in [4.78, 5) is 0. The van der Waals surface area contributed by atoms with Gasteiger partial charge in [0.05, 0.1) is 26.4 Å². The van der Waals surface area contributed by atoms with Crippen LogP contribution in [-0.2, 0) is 66.3 Å². The molecule has 21 aliphatic rings. The van der Waals surface area contributed by atoms with Crippen LogP contribution in [0.5, 0.6) is 5.75 Å². The normalized spacial score (nSPS) is 51.7. The standard InChI is InChI=1S/C48H74O35Te/c49-5-14-35-22(57)29(64)43(71-14)79-37-16(7-51)73-45(31(66)24(37)59)81-39-18(9-53)75-47(33(68)26(39)61)83-41-20(11-84-13-3-1-12(55)2-4-13)76-48(34(69)27(41)62)82-40-19(10-54)74-46(32(67)25(40)60)80-38-17(8-52)72-44(30(65)23(38)58)78-36-15(6-50)70-42(77-35)28(63)21(36)56/h1-4,14-69H,5-11H2/t14-,15-,16-,17-,18-,19-,20-,21-,22+,23-,24+,25-,26+,27-,28-,29+,30-,31+,32-,33+,34-,35-,36-,37-,38-,39-,40-,41-,42-,43-,44-,45-,46-,47-,48-/m1/s1. The van der Waals surface area contributed by atoms with Crippen molar-refractivity contribution in [2.24, 2.45) is 0 Å². The van der Waals surface area contributed by atoms with Gasteiger partial charge in [-0.1, -0.05) is 0 Å². The van der Waals surface area contributed by atoms with E-state index in [1.165, 1.54) is 12.1 Å². The molecule has 1 aromatic carbocycles. The van der Waals surface area contributed by atoms with Gasteiger partial charge < -0.3 is 84.6 Å². The van der Waals surface area contributed by atoms with Gasteiger partial charge in [-0.3, -0.25) is 0 Å². The van der Waals surface area contributed by atoms with Crippen LogP contribution in [0.2, 0.25) is 4.47 Å². The van der Waals surface area contributed by atoms with Gasteiger partial charge in [-0.25, -0.2) is 0 Å². The molecular formula is C48H74O35Te. The summed E-state index contributed by atoms with van der Waals surface area (Å²) in [5.74, 6) is -0.0546. The predicted molar refractivity (Wildman–Crippen MR) is 260 cm³/mol. The van der Waals surface area contributed by atoms with Crippen molar-refractivity contribution in [3.05, 3.63) is 24.3 Å². The smallest absolute Gasteiger partial charge is 0.394 e. The van der Waals surface area contributed by atoms with Crippen molar-refractivity contribution in [3.63, 3.8) is 0 Å². The van der Waals surface area contributed by atoms with Crippen LogP contribution in [-0.4, -0.2) is 383 Å². The summed E-state index contributed by atoms with van der Waals surface area (Å²) in [6.45, 7) is -6.23. The Hall–Kier alpha value is -1.55. The fraction of sp³-hybridized carbons (Fsp3) is 0.875. The van der Waals surface area contributed by atoms with E-state index in [1.54, 1.807) is 12.1 Å². The molecule has 0 aromatic heterocycles. The van der Waals surface area contributed by atoms with E-state index >= 15 is 0 Å². The van der Waals surface area contributed by atoms with Crippen molar-refractivity contribution < 1.29 is 174 Å². The van der Waals surface area contributed by atoms with E-state index in [1.807, 2.05) is 0 Å². The van der Waals surface area contributed by atoms with E-state index in [0.717, 1.165) is 0 Å². The molecule has 0 aliphatic carbocycles. The van der Waals surface area contributed by atoms with E-state index in [2.05, 4.69) is 0 Å². The Labute approximate surface area is 485 Å². The quantitative estimate of drug-likeness (QED) is 0.102. The first kappa shape index (κ1) is 66.9. The van der Waals surface area contributed by atoms with Crippen molar-refractivity contribution in [2.75, 3.05) is 39.6 Å². The number of aliphatic hydroxyl groups excluding tert-OH is 20. The number of phenols is 1. The van der Waals surface area contributed by atoms with Crippen molar-refractivity contribution in [1.29, 1.82) is 0 Å². The molecule has 35 atom stereocenters. The van der Waals surface area contributed by atoms with Crippen LogP contribution in [0.1, 0.15) is 0 Å². The first-order chi connectivity index (χ1) is 40.1. The molecule has 0 amide bonds. The van der Waals surface area contributed by atoms with E-state index in [9.17, 15) is 107 Å². The third kappa shape index (κ3) is 13.6. The molecule has 84 heavy (non-hydrogen) atoms. The summed E-state index contributed by atoms with van der Waals surface area (Å²) in [6.07, 6.45) is -69.2. The van der Waals surface area contributed by atoms with Gasteiger partial charge in [-0.2, -0.15) is 0 Å². The van der Waals surface area contributed by atoms with E-state index < -0.39 is 276 Å². The van der Waals surface area contributed by atoms with Crippen molar-refractivity contribution >= 4 is 24.5 Å². The van der Waals surface area contributed by atoms with Crippen molar-refractivity contribution in [3.8, 4) is 5.75 Å². The fourth-order valence-corrected chi connectivity index (χ4v) is 13.8. The summed E-state index contributed by atoms with van der Waals surface area (Å²) in [6, 6.07) is 6.03. The number of rotatable bonds is 9. The van der Waals surface area contributed by atoms with Crippen LogP contribution in [0.25, 0.3) is 0 Å². The van der Waals surface area contributed by atoms with Crippen LogP contribution in [0.15, 0.2) is 24.3 Å². The molecule has 21 aliphatic heterocycles. The summed E-state index contributed by atoms with van der Waals surface area (Å²) in [7, 11) is 0. The van der Waals surface area contributed by atoms with Gasteiger partial charge in [0.25, 0.3) is 0 Å². The van der Waals surface area contributed by atoms with Crippen LogP contribution < -0.4 is 3.61 Å². The van der Waals surface area contributed by atoms with Crippen LogP contribution in [0, 0.1) is 0 Å². The zero-order valence-electron chi connectivity index (χ0n) is 44.0. The molecule has 21 N–H and O–H groups in total. The molecule has 36 heteroatoms. The zero-order chi connectivity index (χ0) is 60.7. The number of ether oxygens (including phenoxy) is 14. The van der Waals surface area contributed by atoms with Gasteiger partial charge in [0.2, 0.25) is 0 Å². The number of hydrogen-bond acceptors (Lipinski definition) is 35. The van der Waals surface area contributed by atoms with Crippen LogP contribution >= 0.6 is 0 Å². The second-order valence-electron chi connectivity index (χ2n) is 21.3. The molecule has 35 nitrogen and oxygen atoms in total. The Bertz CT molecular complexity index is 2180. The molecule has 1 aromatic rings. The first-order valence-electron chi connectivity index (χ1n) is 26.8. The minimum Gasteiger partial charge on any atom is -0.394 e. The van der Waals surface area contributed by atoms with Gasteiger partial charge >= 0.3 is 296 Å². The van der Waals surface area contributed by atoms with Gasteiger partial charge in [-0.15, -0.1) is 0 Å². The third-order valence-electron chi connectivity index (χ3n) is 15.9. The molecule has 0 unspecified atom stereocenters. The van der Waals surface area contributed by atoms with Gasteiger partial charge in [-0.05, 0) is 0 Å². The summed E-state index contributed by atoms with van der Waals surface area (Å²) < 4.78 is 82.1. The Morgan fingerprint density at radius 1 is 0.250 bits per heavy atom. The summed E-state index contributed by atoms with van der Waals surface area (Å²) >= 11 is -1.41. The number of aliphatic hydroxyl groups is 20. The monoisotopic (exact) mass is 1340 g/mol. The SMILES string of the molecule is OC[C@H]1O[C@@H]2O[C@H]3[C@H](O)[C@@H](O)[C@@H](O[C@H]4[C@H](O)[C@@H](O)[C@@H](O[C@H]5[C@@H](O)[C@H](O)[C@@H](O[C@H]6[C@@H](O)[C@H](O)[C@@H](O[C@H]7[C@@H](O)[C@H](O)[C@@H](O[C@H]8[C@H](O)[C@@H](O)[C@@H](O[C@H]1[C@H](O)[C@H]2O)O[C@@H]8C[Te]c1ccc(O)cc1)O[C@@H]7CO)O[C@@H]6CO)O[C@@H]5CO)O[C@@H]4CO)O[C@@H]3CO. The molecule has 21 heterocycles. The Balaban J connectivity index is 1.02. The summed E-state index contributed by atoms with van der Waals surface area (Å²) in [5, 5.41) is 233. The molecule has 21 fully saturated rings. The average Bonchev–Trinajstić information content (AvgIpc) is 3.44. The molecule has 482 valence electrons. The van der Waals surface area contributed by atoms with E-state index in [-0.39, 0.29) is 10.2 Å². The second kappa shape index (κ2) is 28.7. The molecule has 0 saturated carbocycles. The number of benzene rings is 1. The first-order valence-corrected chi connectivity index (χ1v) is 29.7. The molecule has 0 radical (unpaired) electrons. The van der Waals surface area contributed by atoms with Crippen LogP contribution in [0.4, 0.5) is 0 Å². The van der Waals surface area contributed by atoms with E-state index in [0.29, 0.717) is 3.61 Å². The Morgan fingerprint density at radius 2 is 0.429 bits per heavy atom. The minimum absolute atomic E-state index is 0.00924. The maximum absolute atomic E-state index is 11.8. The molecule has 0 spiro atoms. The molecule has 21 saturated heterocycles. The third-order valence-corrected chi connectivity index (χ3v) is 19.0. The topological polar surface area (TPSA) is 554 Å². The van der Waals surface area contributed by atoms with Gasteiger partial charge in [0.1, 0.15) is 61.0 Å². The van der Waals surface area contributed by atoms with E-state index in [4.69, 9.17) is 66.3 Å². The minimum atomic E-state index is -2.21. The zero-order valence-corrected chi connectivity index (χ0v) is 46.3. The second-order valence-corrected chi connectivity index (χ2v) is 24.4.